The molecular formula is C28H37ClFN3O4S. The first-order valence-electron chi connectivity index (χ1n) is 13.2. The maximum absolute atomic E-state index is 13.1. The van der Waals surface area contributed by atoms with Crippen molar-refractivity contribution in [2.24, 2.45) is 5.92 Å². The fraction of sp³-hybridized carbons (Fsp3) is 0.571. The molecule has 10 heteroatoms. The second-order valence-corrected chi connectivity index (χ2v) is 11.5. The number of carbonyl (C=O) groups excluding carboxylic acids is 1. The van der Waals surface area contributed by atoms with Gasteiger partial charge in [0.2, 0.25) is 0 Å². The number of likely N-dealkylation sites (tertiary alicyclic amines) is 1. The molecular weight excluding hydrogens is 529 g/mol. The van der Waals surface area contributed by atoms with Crippen molar-refractivity contribution in [3.63, 3.8) is 0 Å². The lowest BCUT2D eigenvalue weighted by Crippen LogP contribution is -2.52. The first kappa shape index (κ1) is 28.8. The summed E-state index contributed by atoms with van der Waals surface area (Å²) in [5, 5.41) is 3.18. The van der Waals surface area contributed by atoms with Gasteiger partial charge in [-0.2, -0.15) is 0 Å². The molecule has 2 atom stereocenters. The molecule has 38 heavy (non-hydrogen) atoms. The second kappa shape index (κ2) is 12.7. The highest BCUT2D eigenvalue weighted by Crippen LogP contribution is 2.43. The van der Waals surface area contributed by atoms with Gasteiger partial charge < -0.3 is 19.8 Å². The van der Waals surface area contributed by atoms with Crippen molar-refractivity contribution in [2.75, 3.05) is 32.6 Å². The van der Waals surface area contributed by atoms with Crippen LogP contribution >= 0.6 is 23.4 Å². The molecule has 1 aromatic heterocycles. The quantitative estimate of drug-likeness (QED) is 0.360. The minimum Gasteiger partial charge on any atom is -0.484 e. The zero-order valence-corrected chi connectivity index (χ0v) is 24.1. The van der Waals surface area contributed by atoms with Gasteiger partial charge in [-0.15, -0.1) is 11.8 Å². The van der Waals surface area contributed by atoms with Crippen LogP contribution in [0.5, 0.6) is 11.5 Å². The van der Waals surface area contributed by atoms with E-state index in [1.165, 1.54) is 11.8 Å². The number of hydrogen-bond donors (Lipinski definition) is 2. The van der Waals surface area contributed by atoms with Gasteiger partial charge in [0.1, 0.15) is 12.7 Å². The van der Waals surface area contributed by atoms with Gasteiger partial charge >= 0.3 is 0 Å². The summed E-state index contributed by atoms with van der Waals surface area (Å²) >= 11 is 7.95. The smallest absolute Gasteiger partial charge is 0.254 e. The number of nitrogens with one attached hydrogen (secondary N) is 2. The predicted octanol–water partition coefficient (Wildman–Crippen LogP) is 5.29. The fourth-order valence-electron chi connectivity index (χ4n) is 5.26. The average molecular weight is 566 g/mol. The third kappa shape index (κ3) is 6.32. The Kier molecular flexibility index (Phi) is 9.65. The Labute approximate surface area is 232 Å². The average Bonchev–Trinajstić information content (AvgIpc) is 2.87. The largest absolute Gasteiger partial charge is 0.484 e. The van der Waals surface area contributed by atoms with Crippen LogP contribution in [-0.4, -0.2) is 60.6 Å². The Bertz CT molecular complexity index is 1220. The van der Waals surface area contributed by atoms with Crippen LogP contribution in [0.3, 0.4) is 0 Å². The highest BCUT2D eigenvalue weighted by Gasteiger charge is 2.32. The summed E-state index contributed by atoms with van der Waals surface area (Å²) in [5.41, 5.74) is 2.12. The minimum absolute atomic E-state index is 0.0977. The molecule has 3 heterocycles. The van der Waals surface area contributed by atoms with E-state index < -0.39 is 0 Å². The number of aromatic nitrogens is 1. The number of aryl methyl sites for hydroxylation is 1. The van der Waals surface area contributed by atoms with Gasteiger partial charge in [0, 0.05) is 58.9 Å². The van der Waals surface area contributed by atoms with Gasteiger partial charge in [-0.25, -0.2) is 0 Å². The van der Waals surface area contributed by atoms with E-state index >= 15 is 0 Å². The Balaban J connectivity index is 1.39. The van der Waals surface area contributed by atoms with E-state index in [-0.39, 0.29) is 36.7 Å². The maximum atomic E-state index is 13.1. The number of pyridine rings is 1. The van der Waals surface area contributed by atoms with E-state index in [1.54, 1.807) is 6.07 Å². The highest BCUT2D eigenvalue weighted by atomic mass is 35.5. The number of halogens is 2. The number of rotatable bonds is 11. The van der Waals surface area contributed by atoms with E-state index in [0.717, 1.165) is 49.4 Å². The van der Waals surface area contributed by atoms with Crippen LogP contribution in [0.15, 0.2) is 21.8 Å². The van der Waals surface area contributed by atoms with Crippen molar-refractivity contribution >= 4 is 29.3 Å². The molecule has 2 aliphatic rings. The van der Waals surface area contributed by atoms with Crippen LogP contribution < -0.4 is 20.3 Å². The molecule has 2 aliphatic heterocycles. The zero-order chi connectivity index (χ0) is 27.4. The summed E-state index contributed by atoms with van der Waals surface area (Å²) in [5.74, 6) is 0.815. The van der Waals surface area contributed by atoms with Crippen molar-refractivity contribution in [1.82, 2.24) is 15.2 Å². The van der Waals surface area contributed by atoms with E-state index in [9.17, 15) is 14.0 Å². The lowest BCUT2D eigenvalue weighted by atomic mass is 9.94. The third-order valence-corrected chi connectivity index (χ3v) is 8.60. The fourth-order valence-corrected chi connectivity index (χ4v) is 6.22. The number of fused-ring (bicyclic) bond motifs is 1. The number of amides is 1. The Hall–Kier alpha value is -2.23. The first-order valence-corrected chi connectivity index (χ1v) is 14.8. The molecule has 0 spiro atoms. The lowest BCUT2D eigenvalue weighted by Gasteiger charge is -2.43. The van der Waals surface area contributed by atoms with E-state index in [1.807, 2.05) is 26.2 Å². The Morgan fingerprint density at radius 2 is 2.08 bits per heavy atom. The van der Waals surface area contributed by atoms with E-state index in [0.29, 0.717) is 45.9 Å². The number of hydrogen-bond acceptors (Lipinski definition) is 6. The van der Waals surface area contributed by atoms with Crippen LogP contribution in [0.2, 0.25) is 5.02 Å². The number of thioether (sulfide) groups is 1. The van der Waals surface area contributed by atoms with Crippen LogP contribution in [0.4, 0.5) is 4.39 Å². The van der Waals surface area contributed by atoms with Gasteiger partial charge in [-0.1, -0.05) is 18.5 Å². The summed E-state index contributed by atoms with van der Waals surface area (Å²) in [6, 6.07) is 3.95. The van der Waals surface area contributed by atoms with Gasteiger partial charge in [-0.05, 0) is 57.9 Å². The molecule has 4 rings (SSSR count). The monoisotopic (exact) mass is 565 g/mol. The van der Waals surface area contributed by atoms with Crippen LogP contribution in [0.1, 0.15) is 59.8 Å². The third-order valence-electron chi connectivity index (χ3n) is 7.51. The summed E-state index contributed by atoms with van der Waals surface area (Å²) in [6.07, 6.45) is 5.62. The van der Waals surface area contributed by atoms with E-state index in [2.05, 4.69) is 22.1 Å². The normalized spacial score (nSPS) is 18.2. The number of alkyl halides is 1. The van der Waals surface area contributed by atoms with Crippen LogP contribution in [0, 0.1) is 19.8 Å². The molecule has 0 bridgehead atoms. The Morgan fingerprint density at radius 1 is 1.32 bits per heavy atom. The van der Waals surface area contributed by atoms with Gasteiger partial charge in [-0.3, -0.25) is 18.9 Å². The highest BCUT2D eigenvalue weighted by molar-refractivity contribution is 7.98. The molecule has 2 aromatic rings. The summed E-state index contributed by atoms with van der Waals surface area (Å²) in [7, 11) is 0. The van der Waals surface area contributed by atoms with Crippen LogP contribution in [-0.2, 0) is 6.54 Å². The summed E-state index contributed by atoms with van der Waals surface area (Å²) in [6.45, 7) is 7.80. The summed E-state index contributed by atoms with van der Waals surface area (Å²) < 4.78 is 25.1. The van der Waals surface area contributed by atoms with Gasteiger partial charge in [0.25, 0.3) is 11.5 Å². The predicted molar refractivity (Wildman–Crippen MR) is 150 cm³/mol. The number of carbonyl (C=O) groups is 1. The maximum Gasteiger partial charge on any atom is 0.254 e. The zero-order valence-electron chi connectivity index (χ0n) is 22.5. The number of ether oxygens (including phenoxy) is 2. The Morgan fingerprint density at radius 3 is 2.76 bits per heavy atom. The summed E-state index contributed by atoms with van der Waals surface area (Å²) in [4.78, 5) is 31.6. The molecule has 1 fully saturated rings. The van der Waals surface area contributed by atoms with Crippen molar-refractivity contribution in [1.29, 1.82) is 0 Å². The minimum atomic E-state index is -0.336. The molecule has 1 saturated heterocycles. The molecule has 1 amide bonds. The van der Waals surface area contributed by atoms with Crippen molar-refractivity contribution < 1.29 is 18.7 Å². The topological polar surface area (TPSA) is 83.7 Å². The van der Waals surface area contributed by atoms with Crippen molar-refractivity contribution in [3.8, 4) is 11.5 Å². The molecule has 1 aromatic carbocycles. The molecule has 7 nitrogen and oxygen atoms in total. The van der Waals surface area contributed by atoms with E-state index in [4.69, 9.17) is 21.1 Å². The molecule has 2 N–H and O–H groups in total. The number of H-pyrrole nitrogens is 1. The number of nitrogens with zero attached hydrogens (tertiary/aromatic N) is 1. The van der Waals surface area contributed by atoms with Gasteiger partial charge in [0.15, 0.2) is 11.5 Å². The number of aromatic amines is 1. The molecule has 2 unspecified atom stereocenters. The SMILES string of the molecule is CCC(CCCC1COc2c(Cl)cc(C(=O)NCc3c(SC)cc(C)[nH]c3=O)c(C)c2O1)N1CC(CF)C1. The molecule has 0 saturated carbocycles. The van der Waals surface area contributed by atoms with Crippen molar-refractivity contribution in [2.45, 2.75) is 70.0 Å². The second-order valence-electron chi connectivity index (χ2n) is 10.2. The molecule has 0 radical (unpaired) electrons. The van der Waals surface area contributed by atoms with Crippen LogP contribution in [0.25, 0.3) is 0 Å². The molecule has 208 valence electrons. The lowest BCUT2D eigenvalue weighted by molar-refractivity contribution is 0.0292. The molecule has 0 aliphatic carbocycles. The number of benzene rings is 1. The van der Waals surface area contributed by atoms with Gasteiger partial charge in [0.05, 0.1) is 11.7 Å². The first-order chi connectivity index (χ1) is 18.2. The standard InChI is InChI=1S/C28H37ClFN3O4S/c1-5-19(33-13-18(11-30)14-33)7-6-8-20-15-36-26-23(29)10-21(17(3)25(26)37-20)27(34)31-12-22-24(38-4)9-16(2)32-28(22)35/h9-10,18-20H,5-8,11-15H2,1-4H3,(H,31,34)(H,32,35). The van der Waals surface area contributed by atoms with Crippen molar-refractivity contribution in [3.05, 3.63) is 49.9 Å².